The van der Waals surface area contributed by atoms with Crippen LogP contribution in [-0.4, -0.2) is 0 Å². The van der Waals surface area contributed by atoms with Crippen LogP contribution in [0.25, 0.3) is 22.3 Å². The fourth-order valence-electron chi connectivity index (χ4n) is 4.54. The first kappa shape index (κ1) is 24.8. The van der Waals surface area contributed by atoms with Crippen LogP contribution in [0.4, 0.5) is 13.2 Å². The first-order valence-electron chi connectivity index (χ1n) is 12.4. The van der Waals surface area contributed by atoms with E-state index in [1.165, 1.54) is 42.5 Å². The van der Waals surface area contributed by atoms with E-state index in [9.17, 15) is 13.2 Å². The second-order valence-electron chi connectivity index (χ2n) is 9.34. The highest BCUT2D eigenvalue weighted by Crippen LogP contribution is 2.24. The Hall–Kier alpha value is -3.33. The van der Waals surface area contributed by atoms with Crippen molar-refractivity contribution < 1.29 is 13.2 Å². The molecule has 0 nitrogen and oxygen atoms in total. The summed E-state index contributed by atoms with van der Waals surface area (Å²) in [6.07, 6.45) is 7.97. The highest BCUT2D eigenvalue weighted by atomic mass is 19.1. The lowest BCUT2D eigenvalue weighted by Crippen LogP contribution is -1.90. The smallest absolute Gasteiger partial charge is 0.126 e. The van der Waals surface area contributed by atoms with Gasteiger partial charge in [0.05, 0.1) is 0 Å². The molecule has 35 heavy (non-hydrogen) atoms. The molecular formula is C32H31F3. The largest absolute Gasteiger partial charge is 0.207 e. The van der Waals surface area contributed by atoms with Crippen LogP contribution in [0.2, 0.25) is 0 Å². The highest BCUT2D eigenvalue weighted by molar-refractivity contribution is 5.65. The van der Waals surface area contributed by atoms with Gasteiger partial charge in [-0.05, 0) is 95.8 Å². The third-order valence-electron chi connectivity index (χ3n) is 6.41. The SMILES string of the molecule is Cc1cc(F)cc(-c2ccc(CCCCCCCc3ccc(-c4cc(F)cc(F)c4)cc3)cc2)c1. The van der Waals surface area contributed by atoms with Gasteiger partial charge in [0, 0.05) is 6.07 Å². The van der Waals surface area contributed by atoms with Crippen LogP contribution in [0.3, 0.4) is 0 Å². The van der Waals surface area contributed by atoms with Crippen LogP contribution in [0.5, 0.6) is 0 Å². The number of hydrogen-bond acceptors (Lipinski definition) is 0. The standard InChI is InChI=1S/C32H31F3/c1-23-17-28(19-30(33)18-23)26-13-9-24(10-14-26)7-5-3-2-4-6-8-25-11-15-27(16-12-25)29-20-31(34)22-32(35)21-29/h9-22H,2-8H2,1H3. The predicted octanol–water partition coefficient (Wildman–Crippen LogP) is 9.48. The Morgan fingerprint density at radius 1 is 0.429 bits per heavy atom. The van der Waals surface area contributed by atoms with Gasteiger partial charge in [0.2, 0.25) is 0 Å². The normalized spacial score (nSPS) is 11.1. The average Bonchev–Trinajstić information content (AvgIpc) is 2.83. The van der Waals surface area contributed by atoms with Crippen LogP contribution in [0, 0.1) is 24.4 Å². The molecule has 0 aliphatic rings. The number of hydrogen-bond donors (Lipinski definition) is 0. The van der Waals surface area contributed by atoms with E-state index in [0.717, 1.165) is 54.0 Å². The minimum Gasteiger partial charge on any atom is -0.207 e. The van der Waals surface area contributed by atoms with Crippen molar-refractivity contribution in [1.82, 2.24) is 0 Å². The lowest BCUT2D eigenvalue weighted by Gasteiger charge is -2.07. The Kier molecular flexibility index (Phi) is 8.41. The van der Waals surface area contributed by atoms with Gasteiger partial charge in [-0.2, -0.15) is 0 Å². The molecule has 0 heterocycles. The van der Waals surface area contributed by atoms with Gasteiger partial charge in [0.1, 0.15) is 17.5 Å². The summed E-state index contributed by atoms with van der Waals surface area (Å²) in [6.45, 7) is 1.91. The zero-order chi connectivity index (χ0) is 24.6. The monoisotopic (exact) mass is 472 g/mol. The number of unbranched alkanes of at least 4 members (excludes halogenated alkanes) is 4. The number of halogens is 3. The summed E-state index contributed by atoms with van der Waals surface area (Å²) in [5, 5.41) is 0. The third kappa shape index (κ3) is 7.32. The van der Waals surface area contributed by atoms with Gasteiger partial charge in [-0.3, -0.25) is 0 Å². The first-order chi connectivity index (χ1) is 17.0. The maximum Gasteiger partial charge on any atom is 0.126 e. The van der Waals surface area contributed by atoms with Gasteiger partial charge in [0.25, 0.3) is 0 Å². The zero-order valence-electron chi connectivity index (χ0n) is 20.2. The fraction of sp³-hybridized carbons (Fsp3) is 0.250. The Labute approximate surface area is 206 Å². The van der Waals surface area contributed by atoms with Crippen molar-refractivity contribution in [1.29, 1.82) is 0 Å². The van der Waals surface area contributed by atoms with E-state index in [1.54, 1.807) is 12.1 Å². The van der Waals surface area contributed by atoms with Crippen molar-refractivity contribution in [3.8, 4) is 22.3 Å². The van der Waals surface area contributed by atoms with Crippen LogP contribution in [-0.2, 0) is 12.8 Å². The summed E-state index contributed by atoms with van der Waals surface area (Å²) in [5.74, 6) is -1.30. The molecule has 0 aliphatic carbocycles. The number of aryl methyl sites for hydroxylation is 3. The van der Waals surface area contributed by atoms with E-state index in [0.29, 0.717) is 5.56 Å². The van der Waals surface area contributed by atoms with E-state index >= 15 is 0 Å². The molecule has 0 spiro atoms. The van der Waals surface area contributed by atoms with Crippen molar-refractivity contribution in [2.24, 2.45) is 0 Å². The first-order valence-corrected chi connectivity index (χ1v) is 12.4. The Morgan fingerprint density at radius 2 is 0.829 bits per heavy atom. The van der Waals surface area contributed by atoms with Crippen molar-refractivity contribution in [3.05, 3.63) is 119 Å². The van der Waals surface area contributed by atoms with Crippen molar-refractivity contribution in [2.45, 2.75) is 51.9 Å². The molecule has 0 radical (unpaired) electrons. The minimum absolute atomic E-state index is 0.193. The molecule has 0 saturated heterocycles. The zero-order valence-corrected chi connectivity index (χ0v) is 20.2. The second kappa shape index (κ2) is 11.9. The Balaban J connectivity index is 1.15. The van der Waals surface area contributed by atoms with Gasteiger partial charge in [-0.25, -0.2) is 13.2 Å². The molecule has 4 aromatic rings. The van der Waals surface area contributed by atoms with Crippen LogP contribution in [0.1, 0.15) is 48.8 Å². The third-order valence-corrected chi connectivity index (χ3v) is 6.41. The fourth-order valence-corrected chi connectivity index (χ4v) is 4.54. The van der Waals surface area contributed by atoms with E-state index in [1.807, 2.05) is 37.3 Å². The molecule has 4 rings (SSSR count). The summed E-state index contributed by atoms with van der Waals surface area (Å²) in [5.41, 5.74) is 6.86. The molecule has 0 saturated carbocycles. The quantitative estimate of drug-likeness (QED) is 0.202. The van der Waals surface area contributed by atoms with Gasteiger partial charge in [-0.15, -0.1) is 0 Å². The van der Waals surface area contributed by atoms with Crippen molar-refractivity contribution in [2.75, 3.05) is 0 Å². The predicted molar refractivity (Wildman–Crippen MR) is 139 cm³/mol. The molecule has 0 aliphatic heterocycles. The molecule has 0 atom stereocenters. The molecule has 3 heteroatoms. The highest BCUT2D eigenvalue weighted by Gasteiger charge is 2.04. The summed E-state index contributed by atoms with van der Waals surface area (Å²) in [7, 11) is 0. The van der Waals surface area contributed by atoms with Crippen LogP contribution in [0.15, 0.2) is 84.9 Å². The van der Waals surface area contributed by atoms with Gasteiger partial charge >= 0.3 is 0 Å². The lowest BCUT2D eigenvalue weighted by molar-refractivity contribution is 0.584. The summed E-state index contributed by atoms with van der Waals surface area (Å²) >= 11 is 0. The molecule has 0 amide bonds. The molecule has 0 N–H and O–H groups in total. The number of rotatable bonds is 10. The molecule has 4 aromatic carbocycles. The maximum absolute atomic E-state index is 13.7. The average molecular weight is 473 g/mol. The van der Waals surface area contributed by atoms with Gasteiger partial charge < -0.3 is 0 Å². The van der Waals surface area contributed by atoms with Gasteiger partial charge in [0.15, 0.2) is 0 Å². The van der Waals surface area contributed by atoms with Gasteiger partial charge in [-0.1, -0.05) is 73.9 Å². The minimum atomic E-state index is -0.556. The number of benzene rings is 4. The molecule has 0 fully saturated rings. The maximum atomic E-state index is 13.7. The van der Waals surface area contributed by atoms with Crippen molar-refractivity contribution >= 4 is 0 Å². The molecule has 180 valence electrons. The summed E-state index contributed by atoms with van der Waals surface area (Å²) in [6, 6.07) is 25.2. The van der Waals surface area contributed by atoms with E-state index in [-0.39, 0.29) is 5.82 Å². The Morgan fingerprint density at radius 3 is 1.29 bits per heavy atom. The topological polar surface area (TPSA) is 0 Å². The Bertz CT molecular complexity index is 1100. The second-order valence-corrected chi connectivity index (χ2v) is 9.34. The van der Waals surface area contributed by atoms with E-state index in [2.05, 4.69) is 24.3 Å². The molecular weight excluding hydrogens is 441 g/mol. The summed E-state index contributed by atoms with van der Waals surface area (Å²) in [4.78, 5) is 0. The molecule has 0 bridgehead atoms. The summed E-state index contributed by atoms with van der Waals surface area (Å²) < 4.78 is 40.5. The van der Waals surface area contributed by atoms with Crippen LogP contribution >= 0.6 is 0 Å². The molecule has 0 unspecified atom stereocenters. The lowest BCUT2D eigenvalue weighted by atomic mass is 9.99. The van der Waals surface area contributed by atoms with Crippen LogP contribution < -0.4 is 0 Å². The van der Waals surface area contributed by atoms with Crippen molar-refractivity contribution in [3.63, 3.8) is 0 Å². The van der Waals surface area contributed by atoms with E-state index < -0.39 is 11.6 Å². The molecule has 0 aromatic heterocycles. The van der Waals surface area contributed by atoms with E-state index in [4.69, 9.17) is 0 Å².